The van der Waals surface area contributed by atoms with E-state index in [1.54, 1.807) is 35.7 Å². The predicted octanol–water partition coefficient (Wildman–Crippen LogP) is 2.99. The van der Waals surface area contributed by atoms with Gasteiger partial charge in [-0.05, 0) is 56.0 Å². The number of rotatable bonds is 8. The Morgan fingerprint density at radius 1 is 0.929 bits per heavy atom. The molecule has 0 N–H and O–H groups in total. The molecule has 28 heavy (non-hydrogen) atoms. The third-order valence-electron chi connectivity index (χ3n) is 5.81. The largest absolute Gasteiger partial charge is 0.491 e. The average Bonchev–Trinajstić information content (AvgIpc) is 2.95. The minimum atomic E-state index is -3.46. The smallest absolute Gasteiger partial charge is 0.243 e. The first-order chi connectivity index (χ1) is 13.6. The normalized spacial score (nSPS) is 20.8. The number of ether oxygens (including phenoxy) is 2. The van der Waals surface area contributed by atoms with Gasteiger partial charge in [-0.15, -0.1) is 0 Å². The molecule has 2 aliphatic rings. The molecule has 7 heteroatoms. The summed E-state index contributed by atoms with van der Waals surface area (Å²) < 4.78 is 38.2. The molecule has 1 aliphatic heterocycles. The Labute approximate surface area is 169 Å². The second-order valence-corrected chi connectivity index (χ2v) is 9.81. The number of benzene rings is 1. The van der Waals surface area contributed by atoms with Crippen LogP contribution >= 0.6 is 0 Å². The second-order valence-electron chi connectivity index (χ2n) is 7.87. The maximum atomic E-state index is 13.1. The summed E-state index contributed by atoms with van der Waals surface area (Å²) in [5, 5.41) is 0. The van der Waals surface area contributed by atoms with Gasteiger partial charge in [0.25, 0.3) is 0 Å². The van der Waals surface area contributed by atoms with Crippen LogP contribution in [0.5, 0.6) is 5.75 Å². The van der Waals surface area contributed by atoms with Crippen molar-refractivity contribution in [3.63, 3.8) is 0 Å². The van der Waals surface area contributed by atoms with Crippen molar-refractivity contribution in [1.82, 2.24) is 9.21 Å². The van der Waals surface area contributed by atoms with Gasteiger partial charge in [-0.1, -0.05) is 19.3 Å². The van der Waals surface area contributed by atoms with E-state index in [0.29, 0.717) is 36.9 Å². The lowest BCUT2D eigenvalue weighted by molar-refractivity contribution is 0.146. The molecule has 158 valence electrons. The molecule has 1 saturated carbocycles. The molecule has 1 aromatic carbocycles. The highest BCUT2D eigenvalue weighted by molar-refractivity contribution is 7.89. The lowest BCUT2D eigenvalue weighted by Gasteiger charge is -2.28. The Bertz CT molecular complexity index is 687. The van der Waals surface area contributed by atoms with Gasteiger partial charge in [0.15, 0.2) is 0 Å². The van der Waals surface area contributed by atoms with Crippen molar-refractivity contribution < 1.29 is 17.9 Å². The molecule has 6 nitrogen and oxygen atoms in total. The molecule has 0 amide bonds. The molecule has 0 atom stereocenters. The zero-order valence-electron chi connectivity index (χ0n) is 17.0. The summed E-state index contributed by atoms with van der Waals surface area (Å²) in [6.07, 6.45) is 7.63. The number of methoxy groups -OCH3 is 1. The molecule has 0 spiro atoms. The van der Waals surface area contributed by atoms with E-state index in [2.05, 4.69) is 4.90 Å². The maximum Gasteiger partial charge on any atom is 0.243 e. The van der Waals surface area contributed by atoms with Crippen LogP contribution in [-0.2, 0) is 14.8 Å². The van der Waals surface area contributed by atoms with Crippen molar-refractivity contribution in [3.8, 4) is 5.75 Å². The zero-order chi connectivity index (χ0) is 19.8. The Hall–Kier alpha value is -1.15. The number of sulfonamides is 1. The van der Waals surface area contributed by atoms with E-state index < -0.39 is 10.0 Å². The fourth-order valence-corrected chi connectivity index (χ4v) is 5.67. The second kappa shape index (κ2) is 10.6. The molecular formula is C21H34N2O4S. The SMILES string of the molecule is COCCOc1ccc(S(=O)(=O)N2CCCN(CC3CCCCC3)CC2)cc1. The number of hydrogen-bond donors (Lipinski definition) is 0. The summed E-state index contributed by atoms with van der Waals surface area (Å²) in [6, 6.07) is 6.72. The molecule has 0 unspecified atom stereocenters. The van der Waals surface area contributed by atoms with Crippen molar-refractivity contribution in [1.29, 1.82) is 0 Å². The fourth-order valence-electron chi connectivity index (χ4n) is 4.20. The van der Waals surface area contributed by atoms with Gasteiger partial charge in [0.1, 0.15) is 12.4 Å². The quantitative estimate of drug-likeness (QED) is 0.617. The Morgan fingerprint density at radius 2 is 1.68 bits per heavy atom. The van der Waals surface area contributed by atoms with E-state index in [4.69, 9.17) is 9.47 Å². The topological polar surface area (TPSA) is 59.1 Å². The predicted molar refractivity (Wildman–Crippen MR) is 110 cm³/mol. The number of nitrogens with zero attached hydrogens (tertiary/aromatic N) is 2. The summed E-state index contributed by atoms with van der Waals surface area (Å²) in [5.41, 5.74) is 0. The first-order valence-electron chi connectivity index (χ1n) is 10.5. The minimum Gasteiger partial charge on any atom is -0.491 e. The van der Waals surface area contributed by atoms with Gasteiger partial charge < -0.3 is 14.4 Å². The average molecular weight is 411 g/mol. The van der Waals surface area contributed by atoms with Crippen LogP contribution < -0.4 is 4.74 Å². The first kappa shape index (κ1) is 21.6. The highest BCUT2D eigenvalue weighted by Gasteiger charge is 2.27. The molecule has 3 rings (SSSR count). The van der Waals surface area contributed by atoms with Gasteiger partial charge in [-0.25, -0.2) is 8.42 Å². The summed E-state index contributed by atoms with van der Waals surface area (Å²) in [6.45, 7) is 5.07. The van der Waals surface area contributed by atoms with Crippen molar-refractivity contribution in [2.45, 2.75) is 43.4 Å². The summed E-state index contributed by atoms with van der Waals surface area (Å²) in [5.74, 6) is 1.45. The highest BCUT2D eigenvalue weighted by atomic mass is 32.2. The Kier molecular flexibility index (Phi) is 8.14. The van der Waals surface area contributed by atoms with E-state index in [1.165, 1.54) is 32.1 Å². The van der Waals surface area contributed by atoms with E-state index in [-0.39, 0.29) is 0 Å². The lowest BCUT2D eigenvalue weighted by Crippen LogP contribution is -2.36. The number of hydrogen-bond acceptors (Lipinski definition) is 5. The van der Waals surface area contributed by atoms with Crippen LogP contribution in [0.4, 0.5) is 0 Å². The minimum absolute atomic E-state index is 0.340. The Balaban J connectivity index is 1.56. The van der Waals surface area contributed by atoms with Crippen LogP contribution in [0, 0.1) is 5.92 Å². The third kappa shape index (κ3) is 5.92. The van der Waals surface area contributed by atoms with Crippen LogP contribution in [0.15, 0.2) is 29.2 Å². The van der Waals surface area contributed by atoms with Gasteiger partial charge in [0.05, 0.1) is 11.5 Å². The van der Waals surface area contributed by atoms with E-state index in [0.717, 1.165) is 32.0 Å². The van der Waals surface area contributed by atoms with Gasteiger partial charge >= 0.3 is 0 Å². The molecule has 0 aromatic heterocycles. The van der Waals surface area contributed by atoms with E-state index >= 15 is 0 Å². The molecule has 0 bridgehead atoms. The third-order valence-corrected chi connectivity index (χ3v) is 7.72. The standard InChI is InChI=1S/C21H34N2O4S/c1-26-16-17-27-20-8-10-21(11-9-20)28(24,25)23-13-5-12-22(14-15-23)18-19-6-3-2-4-7-19/h8-11,19H,2-7,12-18H2,1H3. The maximum absolute atomic E-state index is 13.1. The highest BCUT2D eigenvalue weighted by Crippen LogP contribution is 2.25. The monoisotopic (exact) mass is 410 g/mol. The zero-order valence-corrected chi connectivity index (χ0v) is 17.8. The van der Waals surface area contributed by atoms with E-state index in [9.17, 15) is 8.42 Å². The lowest BCUT2D eigenvalue weighted by atomic mass is 9.89. The van der Waals surface area contributed by atoms with Gasteiger partial charge in [0.2, 0.25) is 10.0 Å². The van der Waals surface area contributed by atoms with Crippen molar-refractivity contribution in [2.24, 2.45) is 5.92 Å². The molecule has 1 aromatic rings. The molecule has 1 heterocycles. The van der Waals surface area contributed by atoms with Gasteiger partial charge in [0, 0.05) is 33.3 Å². The van der Waals surface area contributed by atoms with Crippen LogP contribution in [0.2, 0.25) is 0 Å². The van der Waals surface area contributed by atoms with Crippen molar-refractivity contribution in [2.75, 3.05) is 53.0 Å². The van der Waals surface area contributed by atoms with Crippen LogP contribution in [0.3, 0.4) is 0 Å². The van der Waals surface area contributed by atoms with Crippen LogP contribution in [0.1, 0.15) is 38.5 Å². The molecule has 1 aliphatic carbocycles. The molecule has 0 radical (unpaired) electrons. The fraction of sp³-hybridized carbons (Fsp3) is 0.714. The van der Waals surface area contributed by atoms with Crippen molar-refractivity contribution in [3.05, 3.63) is 24.3 Å². The Morgan fingerprint density at radius 3 is 2.39 bits per heavy atom. The molecule has 2 fully saturated rings. The molecule has 1 saturated heterocycles. The van der Waals surface area contributed by atoms with Crippen LogP contribution in [0.25, 0.3) is 0 Å². The van der Waals surface area contributed by atoms with Crippen LogP contribution in [-0.4, -0.2) is 70.7 Å². The summed E-state index contributed by atoms with van der Waals surface area (Å²) in [7, 11) is -1.84. The summed E-state index contributed by atoms with van der Waals surface area (Å²) >= 11 is 0. The van der Waals surface area contributed by atoms with Gasteiger partial charge in [-0.2, -0.15) is 4.31 Å². The molecular weight excluding hydrogens is 376 g/mol. The first-order valence-corrected chi connectivity index (χ1v) is 12.0. The van der Waals surface area contributed by atoms with E-state index in [1.807, 2.05) is 0 Å². The van der Waals surface area contributed by atoms with Crippen molar-refractivity contribution >= 4 is 10.0 Å². The summed E-state index contributed by atoms with van der Waals surface area (Å²) in [4.78, 5) is 2.81. The van der Waals surface area contributed by atoms with Gasteiger partial charge in [-0.3, -0.25) is 0 Å².